The summed E-state index contributed by atoms with van der Waals surface area (Å²) in [5.41, 5.74) is 10.1. The monoisotopic (exact) mass is 332 g/mol. The van der Waals surface area contributed by atoms with Crippen molar-refractivity contribution in [3.8, 4) is 11.1 Å². The number of hydrogen-bond donors (Lipinski definition) is 0. The number of hydrogen-bond acceptors (Lipinski definition) is 0. The summed E-state index contributed by atoms with van der Waals surface area (Å²) in [6.45, 7) is 2.25. The van der Waals surface area contributed by atoms with Crippen LogP contribution in [0.5, 0.6) is 0 Å². The fourth-order valence-corrected chi connectivity index (χ4v) is 5.84. The molecule has 0 heteroatoms. The topological polar surface area (TPSA) is 0 Å². The van der Waals surface area contributed by atoms with Crippen molar-refractivity contribution in [3.63, 3.8) is 0 Å². The molecule has 0 nitrogen and oxygen atoms in total. The van der Waals surface area contributed by atoms with Crippen LogP contribution in [0.15, 0.2) is 91.0 Å². The molecule has 3 aromatic carbocycles. The summed E-state index contributed by atoms with van der Waals surface area (Å²) in [5.74, 6) is 0.893. The molecule has 3 atom stereocenters. The van der Waals surface area contributed by atoms with Crippen molar-refractivity contribution < 1.29 is 0 Å². The van der Waals surface area contributed by atoms with E-state index in [0.717, 1.165) is 0 Å². The molecule has 0 heterocycles. The van der Waals surface area contributed by atoms with Crippen molar-refractivity contribution in [2.45, 2.75) is 18.3 Å². The molecule has 26 heavy (non-hydrogen) atoms. The SMILES string of the molecule is Cc1cccc2c1-c1ccccc1C21c2ccccc2C2C=CC=CC21. The molecule has 124 valence electrons. The molecule has 3 aliphatic carbocycles. The van der Waals surface area contributed by atoms with Crippen LogP contribution in [0.4, 0.5) is 0 Å². The van der Waals surface area contributed by atoms with E-state index in [1.54, 1.807) is 0 Å². The summed E-state index contributed by atoms with van der Waals surface area (Å²) < 4.78 is 0. The lowest BCUT2D eigenvalue weighted by molar-refractivity contribution is 0.465. The number of rotatable bonds is 0. The van der Waals surface area contributed by atoms with Crippen LogP contribution in [-0.2, 0) is 5.41 Å². The predicted molar refractivity (Wildman–Crippen MR) is 107 cm³/mol. The molecule has 3 aromatic rings. The first-order valence-electron chi connectivity index (χ1n) is 9.48. The lowest BCUT2D eigenvalue weighted by Crippen LogP contribution is -2.32. The zero-order chi connectivity index (χ0) is 17.3. The minimum atomic E-state index is -0.0690. The minimum absolute atomic E-state index is 0.0690. The van der Waals surface area contributed by atoms with Gasteiger partial charge >= 0.3 is 0 Å². The van der Waals surface area contributed by atoms with Crippen molar-refractivity contribution in [2.24, 2.45) is 5.92 Å². The summed E-state index contributed by atoms with van der Waals surface area (Å²) in [4.78, 5) is 0. The molecular formula is C26H20. The summed E-state index contributed by atoms with van der Waals surface area (Å²) in [6, 6.07) is 25.0. The maximum absolute atomic E-state index is 2.44. The van der Waals surface area contributed by atoms with Gasteiger partial charge in [0.15, 0.2) is 0 Å². The van der Waals surface area contributed by atoms with Crippen molar-refractivity contribution in [2.75, 3.05) is 0 Å². The Morgan fingerprint density at radius 1 is 0.692 bits per heavy atom. The van der Waals surface area contributed by atoms with Crippen LogP contribution in [0, 0.1) is 12.8 Å². The predicted octanol–water partition coefficient (Wildman–Crippen LogP) is 6.15. The molecule has 0 bridgehead atoms. The highest BCUT2D eigenvalue weighted by atomic mass is 14.6. The molecule has 0 N–H and O–H groups in total. The molecule has 3 unspecified atom stereocenters. The third-order valence-electron chi connectivity index (χ3n) is 6.70. The Kier molecular flexibility index (Phi) is 2.68. The van der Waals surface area contributed by atoms with Gasteiger partial charge < -0.3 is 0 Å². The molecule has 0 aromatic heterocycles. The highest BCUT2D eigenvalue weighted by Crippen LogP contribution is 2.65. The average molecular weight is 332 g/mol. The Hall–Kier alpha value is -2.86. The fourth-order valence-electron chi connectivity index (χ4n) is 5.84. The lowest BCUT2D eigenvalue weighted by atomic mass is 9.65. The highest BCUT2D eigenvalue weighted by Gasteiger charge is 2.56. The average Bonchev–Trinajstić information content (AvgIpc) is 3.16. The van der Waals surface area contributed by atoms with Crippen LogP contribution in [0.2, 0.25) is 0 Å². The van der Waals surface area contributed by atoms with E-state index in [9.17, 15) is 0 Å². The van der Waals surface area contributed by atoms with E-state index >= 15 is 0 Å². The summed E-state index contributed by atoms with van der Waals surface area (Å²) in [6.07, 6.45) is 9.30. The van der Waals surface area contributed by atoms with Crippen LogP contribution >= 0.6 is 0 Å². The molecule has 0 aliphatic heterocycles. The van der Waals surface area contributed by atoms with Gasteiger partial charge in [0.25, 0.3) is 0 Å². The molecule has 0 amide bonds. The van der Waals surface area contributed by atoms with Crippen molar-refractivity contribution in [1.82, 2.24) is 0 Å². The Labute approximate surface area is 154 Å². The third kappa shape index (κ3) is 1.48. The maximum Gasteiger partial charge on any atom is 0.0538 e. The van der Waals surface area contributed by atoms with Crippen LogP contribution < -0.4 is 0 Å². The second kappa shape index (κ2) is 4.86. The Bertz CT molecular complexity index is 1110. The number of benzene rings is 3. The molecule has 1 spiro atoms. The van der Waals surface area contributed by atoms with Gasteiger partial charge in [-0.3, -0.25) is 0 Å². The molecule has 0 saturated heterocycles. The van der Waals surface area contributed by atoms with Crippen molar-refractivity contribution >= 4 is 0 Å². The van der Waals surface area contributed by atoms with Gasteiger partial charge in [0.2, 0.25) is 0 Å². The second-order valence-electron chi connectivity index (χ2n) is 7.76. The number of aryl methyl sites for hydroxylation is 1. The van der Waals surface area contributed by atoms with Gasteiger partial charge in [0.05, 0.1) is 5.41 Å². The zero-order valence-electron chi connectivity index (χ0n) is 14.8. The van der Waals surface area contributed by atoms with Crippen LogP contribution in [-0.4, -0.2) is 0 Å². The largest absolute Gasteiger partial charge is 0.0789 e. The molecule has 6 rings (SSSR count). The fraction of sp³-hybridized carbons (Fsp3) is 0.154. The molecule has 0 fully saturated rings. The van der Waals surface area contributed by atoms with Crippen LogP contribution in [0.1, 0.15) is 33.7 Å². The van der Waals surface area contributed by atoms with Crippen LogP contribution in [0.25, 0.3) is 11.1 Å². The van der Waals surface area contributed by atoms with Gasteiger partial charge in [-0.1, -0.05) is 91.0 Å². The van der Waals surface area contributed by atoms with Gasteiger partial charge in [0, 0.05) is 11.8 Å². The summed E-state index contributed by atoms with van der Waals surface area (Å²) >= 11 is 0. The van der Waals surface area contributed by atoms with Crippen molar-refractivity contribution in [3.05, 3.63) is 119 Å². The summed E-state index contributed by atoms with van der Waals surface area (Å²) in [7, 11) is 0. The summed E-state index contributed by atoms with van der Waals surface area (Å²) in [5, 5.41) is 0. The van der Waals surface area contributed by atoms with Gasteiger partial charge in [-0.05, 0) is 45.9 Å². The van der Waals surface area contributed by atoms with E-state index in [0.29, 0.717) is 11.8 Å². The van der Waals surface area contributed by atoms with E-state index in [1.165, 1.54) is 38.9 Å². The quantitative estimate of drug-likeness (QED) is 0.463. The number of allylic oxidation sites excluding steroid dienone is 4. The van der Waals surface area contributed by atoms with E-state index in [1.807, 2.05) is 0 Å². The zero-order valence-corrected chi connectivity index (χ0v) is 14.8. The van der Waals surface area contributed by atoms with E-state index in [-0.39, 0.29) is 5.41 Å². The molecule has 0 radical (unpaired) electrons. The van der Waals surface area contributed by atoms with Gasteiger partial charge in [-0.2, -0.15) is 0 Å². The standard InChI is InChI=1S/C26H20/c1-17-9-8-16-24-25(17)20-12-4-7-15-23(20)26(24)21-13-5-2-10-18(21)19-11-3-6-14-22(19)26/h2-16,18,21H,1H3. The third-order valence-corrected chi connectivity index (χ3v) is 6.70. The van der Waals surface area contributed by atoms with Crippen molar-refractivity contribution in [1.29, 1.82) is 0 Å². The normalized spacial score (nSPS) is 26.5. The Morgan fingerprint density at radius 3 is 2.35 bits per heavy atom. The van der Waals surface area contributed by atoms with E-state index < -0.39 is 0 Å². The molecule has 0 saturated carbocycles. The Balaban J connectivity index is 1.82. The lowest BCUT2D eigenvalue weighted by Gasteiger charge is -2.36. The first-order valence-corrected chi connectivity index (χ1v) is 9.48. The number of fused-ring (bicyclic) bond motifs is 10. The van der Waals surface area contributed by atoms with E-state index in [2.05, 4.69) is 98.0 Å². The van der Waals surface area contributed by atoms with Gasteiger partial charge in [0.1, 0.15) is 0 Å². The first-order chi connectivity index (χ1) is 12.8. The Morgan fingerprint density at radius 2 is 1.42 bits per heavy atom. The minimum Gasteiger partial charge on any atom is -0.0789 e. The highest BCUT2D eigenvalue weighted by molar-refractivity contribution is 5.87. The first kappa shape index (κ1) is 14.3. The molecule has 3 aliphatic rings. The smallest absolute Gasteiger partial charge is 0.0538 e. The van der Waals surface area contributed by atoms with E-state index in [4.69, 9.17) is 0 Å². The van der Waals surface area contributed by atoms with Gasteiger partial charge in [-0.15, -0.1) is 0 Å². The molecular weight excluding hydrogens is 312 g/mol. The van der Waals surface area contributed by atoms with Gasteiger partial charge in [-0.25, -0.2) is 0 Å². The maximum atomic E-state index is 2.44. The second-order valence-corrected chi connectivity index (χ2v) is 7.76. The van der Waals surface area contributed by atoms with Crippen LogP contribution in [0.3, 0.4) is 0 Å².